The van der Waals surface area contributed by atoms with E-state index in [1.165, 1.54) is 18.5 Å². The summed E-state index contributed by atoms with van der Waals surface area (Å²) in [6.45, 7) is 0. The Morgan fingerprint density at radius 3 is 2.74 bits per heavy atom. The number of nitrogens with zero attached hydrogens (tertiary/aromatic N) is 5. The van der Waals surface area contributed by atoms with Crippen LogP contribution in [0.25, 0.3) is 16.9 Å². The van der Waals surface area contributed by atoms with Gasteiger partial charge in [-0.05, 0) is 36.6 Å². The number of nitrogen functional groups attached to an aromatic ring is 1. The van der Waals surface area contributed by atoms with Crippen molar-refractivity contribution in [2.75, 3.05) is 11.1 Å². The Hall–Kier alpha value is -3.55. The Bertz CT molecular complexity index is 1150. The molecule has 0 saturated heterocycles. The highest BCUT2D eigenvalue weighted by Crippen LogP contribution is 2.48. The summed E-state index contributed by atoms with van der Waals surface area (Å²) in [5.41, 5.74) is 8.88. The van der Waals surface area contributed by atoms with Crippen LogP contribution in [-0.4, -0.2) is 24.6 Å². The van der Waals surface area contributed by atoms with Gasteiger partial charge in [0, 0.05) is 22.7 Å². The first-order valence-corrected chi connectivity index (χ1v) is 8.60. The predicted octanol–water partition coefficient (Wildman–Crippen LogP) is 3.75. The summed E-state index contributed by atoms with van der Waals surface area (Å²) in [5, 5.41) is 7.75. The van der Waals surface area contributed by atoms with Crippen molar-refractivity contribution in [1.82, 2.24) is 24.6 Å². The molecule has 3 heterocycles. The molecule has 1 fully saturated rings. The van der Waals surface area contributed by atoms with Gasteiger partial charge in [-0.25, -0.2) is 23.9 Å². The van der Waals surface area contributed by atoms with Crippen molar-refractivity contribution in [3.63, 3.8) is 0 Å². The van der Waals surface area contributed by atoms with Gasteiger partial charge < -0.3 is 11.1 Å². The first-order chi connectivity index (χ1) is 13.1. The molecule has 3 aromatic heterocycles. The smallest absolute Gasteiger partial charge is 0.166 e. The van der Waals surface area contributed by atoms with E-state index in [-0.39, 0.29) is 15.6 Å². The average molecular weight is 367 g/mol. The topological polar surface area (TPSA) is 94.0 Å². The molecule has 0 unspecified atom stereocenters. The molecular weight excluding hydrogens is 345 g/mol. The lowest BCUT2D eigenvalue weighted by Crippen LogP contribution is -2.19. The maximum absolute atomic E-state index is 13.2. The third kappa shape index (κ3) is 2.66. The minimum atomic E-state index is -0.241. The van der Waals surface area contributed by atoms with E-state index < -0.39 is 0 Å². The molecule has 0 radical (unpaired) electrons. The average Bonchev–Trinajstić information content (AvgIpc) is 3.36. The molecule has 1 saturated carbocycles. The monoisotopic (exact) mass is 367 g/mol. The first-order valence-electron chi connectivity index (χ1n) is 8.60. The van der Waals surface area contributed by atoms with E-state index in [2.05, 4.69) is 25.4 Å². The Balaban J connectivity index is 0.00000107. The summed E-state index contributed by atoms with van der Waals surface area (Å²) < 4.78 is 14.9. The van der Waals surface area contributed by atoms with Crippen LogP contribution in [-0.2, 0) is 5.54 Å². The lowest BCUT2D eigenvalue weighted by molar-refractivity contribution is 0.625. The fourth-order valence-corrected chi connectivity index (χ4v) is 3.34. The van der Waals surface area contributed by atoms with Crippen LogP contribution < -0.4 is 11.1 Å². The molecule has 7 nitrogen and oxygen atoms in total. The van der Waals surface area contributed by atoms with Crippen LogP contribution in [0.5, 0.6) is 0 Å². The van der Waals surface area contributed by atoms with Gasteiger partial charge in [0.1, 0.15) is 18.0 Å². The molecule has 1 aliphatic carbocycles. The summed E-state index contributed by atoms with van der Waals surface area (Å²) in [7, 11) is 0. The van der Waals surface area contributed by atoms with Crippen LogP contribution in [0.15, 0.2) is 55.1 Å². The molecule has 0 atom stereocenters. The standard InChI is InChI=1S/C19H16FN7.3H2/c20-13-4-2-12(3-5-13)19(6-7-19)25-15-10-14(23-11-24-15)16-17(21)26-27-9-1-8-22-18(16)27;;;/h1-5,8-11H,6-7H2,(H2,21,26)(H,23,24,25);3*1H. The van der Waals surface area contributed by atoms with Gasteiger partial charge in [0.15, 0.2) is 11.5 Å². The quantitative estimate of drug-likeness (QED) is 0.570. The molecule has 1 aliphatic rings. The minimum absolute atomic E-state index is 0. The summed E-state index contributed by atoms with van der Waals surface area (Å²) in [5.74, 6) is 0.796. The molecule has 5 rings (SSSR count). The Morgan fingerprint density at radius 1 is 1.15 bits per heavy atom. The van der Waals surface area contributed by atoms with Crippen molar-refractivity contribution < 1.29 is 8.67 Å². The van der Waals surface area contributed by atoms with Gasteiger partial charge in [0.05, 0.1) is 16.8 Å². The zero-order valence-electron chi connectivity index (χ0n) is 14.3. The normalized spacial score (nSPS) is 15.0. The fraction of sp³-hybridized carbons (Fsp3) is 0.158. The number of hydrogen-bond donors (Lipinski definition) is 2. The second-order valence-corrected chi connectivity index (χ2v) is 6.65. The van der Waals surface area contributed by atoms with Gasteiger partial charge >= 0.3 is 0 Å². The number of aromatic nitrogens is 5. The second-order valence-electron chi connectivity index (χ2n) is 6.65. The number of nitrogens with two attached hydrogens (primary N) is 1. The van der Waals surface area contributed by atoms with Gasteiger partial charge in [-0.15, -0.1) is 5.10 Å². The fourth-order valence-electron chi connectivity index (χ4n) is 3.34. The molecule has 4 aromatic rings. The highest BCUT2D eigenvalue weighted by molar-refractivity contribution is 5.84. The van der Waals surface area contributed by atoms with Crippen LogP contribution in [0.2, 0.25) is 0 Å². The van der Waals surface area contributed by atoms with Gasteiger partial charge in [-0.3, -0.25) is 0 Å². The van der Waals surface area contributed by atoms with E-state index in [0.717, 1.165) is 18.4 Å². The third-order valence-corrected chi connectivity index (χ3v) is 4.86. The van der Waals surface area contributed by atoms with Crippen LogP contribution in [0.1, 0.15) is 22.7 Å². The largest absolute Gasteiger partial charge is 0.382 e. The lowest BCUT2D eigenvalue weighted by Gasteiger charge is -2.18. The number of benzene rings is 1. The van der Waals surface area contributed by atoms with E-state index in [0.29, 0.717) is 28.5 Å². The van der Waals surface area contributed by atoms with E-state index in [1.54, 1.807) is 23.0 Å². The molecule has 0 amide bonds. The Morgan fingerprint density at radius 2 is 1.96 bits per heavy atom. The van der Waals surface area contributed by atoms with Gasteiger partial charge in [-0.2, -0.15) is 0 Å². The number of anilines is 2. The number of nitrogens with one attached hydrogen (secondary N) is 1. The molecule has 0 aliphatic heterocycles. The van der Waals surface area contributed by atoms with Crippen molar-refractivity contribution in [2.45, 2.75) is 18.4 Å². The number of hydrogen-bond acceptors (Lipinski definition) is 6. The number of rotatable bonds is 4. The van der Waals surface area contributed by atoms with Crippen molar-refractivity contribution in [3.8, 4) is 11.3 Å². The molecule has 27 heavy (non-hydrogen) atoms. The van der Waals surface area contributed by atoms with E-state index in [4.69, 9.17) is 5.73 Å². The maximum Gasteiger partial charge on any atom is 0.166 e. The van der Waals surface area contributed by atoms with Crippen molar-refractivity contribution >= 4 is 17.3 Å². The minimum Gasteiger partial charge on any atom is -0.382 e. The highest BCUT2D eigenvalue weighted by atomic mass is 19.1. The van der Waals surface area contributed by atoms with Gasteiger partial charge in [0.25, 0.3) is 0 Å². The first kappa shape index (κ1) is 15.7. The van der Waals surface area contributed by atoms with Gasteiger partial charge in [0.2, 0.25) is 0 Å². The molecule has 8 heteroatoms. The third-order valence-electron chi connectivity index (χ3n) is 4.86. The van der Waals surface area contributed by atoms with Crippen LogP contribution in [0.3, 0.4) is 0 Å². The zero-order chi connectivity index (χ0) is 18.4. The molecule has 1 aromatic carbocycles. The highest BCUT2D eigenvalue weighted by Gasteiger charge is 2.44. The molecule has 0 spiro atoms. The maximum atomic E-state index is 13.2. The van der Waals surface area contributed by atoms with E-state index in [1.807, 2.05) is 18.2 Å². The summed E-state index contributed by atoms with van der Waals surface area (Å²) in [6, 6.07) is 10.2. The lowest BCUT2D eigenvalue weighted by atomic mass is 10.0. The summed E-state index contributed by atoms with van der Waals surface area (Å²) in [6.07, 6.45) is 6.88. The van der Waals surface area contributed by atoms with Crippen LogP contribution >= 0.6 is 0 Å². The Labute approximate surface area is 158 Å². The summed E-state index contributed by atoms with van der Waals surface area (Å²) >= 11 is 0. The Kier molecular flexibility index (Phi) is 3.33. The van der Waals surface area contributed by atoms with Crippen LogP contribution in [0.4, 0.5) is 16.0 Å². The van der Waals surface area contributed by atoms with Crippen molar-refractivity contribution in [1.29, 1.82) is 0 Å². The predicted molar refractivity (Wildman–Crippen MR) is 106 cm³/mol. The zero-order valence-corrected chi connectivity index (χ0v) is 14.3. The summed E-state index contributed by atoms with van der Waals surface area (Å²) in [4.78, 5) is 13.1. The number of halogens is 1. The molecular formula is C19H22FN7. The molecule has 0 bridgehead atoms. The van der Waals surface area contributed by atoms with Crippen molar-refractivity contribution in [3.05, 3.63) is 66.5 Å². The van der Waals surface area contributed by atoms with E-state index >= 15 is 0 Å². The van der Waals surface area contributed by atoms with Gasteiger partial charge in [-0.1, -0.05) is 12.1 Å². The SMILES string of the molecule is Nc1nn2cccnc2c1-c1cc(NC2(c3ccc(F)cc3)CC2)ncn1.[HH].[HH].[HH]. The van der Waals surface area contributed by atoms with Crippen LogP contribution in [0, 0.1) is 5.82 Å². The number of fused-ring (bicyclic) bond motifs is 1. The molecule has 3 N–H and O–H groups in total. The second kappa shape index (κ2) is 5.73. The van der Waals surface area contributed by atoms with Crippen molar-refractivity contribution in [2.24, 2.45) is 0 Å². The molecule has 140 valence electrons. The van der Waals surface area contributed by atoms with E-state index in [9.17, 15) is 4.39 Å².